The van der Waals surface area contributed by atoms with Crippen molar-refractivity contribution < 1.29 is 14.0 Å². The molecule has 2 heterocycles. The maximum atomic E-state index is 14.5. The van der Waals surface area contributed by atoms with Gasteiger partial charge in [-0.1, -0.05) is 17.7 Å². The number of halogens is 2. The second-order valence-electron chi connectivity index (χ2n) is 7.54. The molecule has 31 heavy (non-hydrogen) atoms. The fourth-order valence-corrected chi connectivity index (χ4v) is 3.98. The zero-order valence-electron chi connectivity index (χ0n) is 17.3. The molecule has 0 spiro atoms. The van der Waals surface area contributed by atoms with Crippen LogP contribution in [0.2, 0.25) is 5.02 Å². The maximum absolute atomic E-state index is 14.5. The molecule has 160 valence electrons. The third-order valence-electron chi connectivity index (χ3n) is 5.55. The fourth-order valence-electron chi connectivity index (χ4n) is 3.79. The molecule has 1 fully saturated rings. The van der Waals surface area contributed by atoms with Crippen LogP contribution in [0.5, 0.6) is 0 Å². The van der Waals surface area contributed by atoms with Crippen LogP contribution >= 0.6 is 11.6 Å². The van der Waals surface area contributed by atoms with Crippen LogP contribution < -0.4 is 4.90 Å². The topological polar surface area (TPSA) is 58.4 Å². The molecule has 1 aromatic heterocycles. The minimum absolute atomic E-state index is 0.0992. The summed E-state index contributed by atoms with van der Waals surface area (Å²) in [6.07, 6.45) is 1.57. The number of nitrogens with zero attached hydrogens (tertiary/aromatic N) is 4. The first-order valence-corrected chi connectivity index (χ1v) is 10.4. The van der Waals surface area contributed by atoms with Gasteiger partial charge in [-0.05, 0) is 50.2 Å². The first-order valence-electron chi connectivity index (χ1n) is 10.0. The van der Waals surface area contributed by atoms with Crippen LogP contribution in [0, 0.1) is 12.7 Å². The summed E-state index contributed by atoms with van der Waals surface area (Å²) < 4.78 is 16.2. The summed E-state index contributed by atoms with van der Waals surface area (Å²) in [5.74, 6) is -0.696. The molecule has 8 heteroatoms. The van der Waals surface area contributed by atoms with Gasteiger partial charge in [0.2, 0.25) is 0 Å². The van der Waals surface area contributed by atoms with Crippen LogP contribution in [0.1, 0.15) is 33.3 Å². The summed E-state index contributed by atoms with van der Waals surface area (Å²) in [6, 6.07) is 11.8. The minimum atomic E-state index is -0.425. The summed E-state index contributed by atoms with van der Waals surface area (Å²) in [6.45, 7) is 5.20. The number of benzene rings is 2. The van der Waals surface area contributed by atoms with Crippen LogP contribution in [0.4, 0.5) is 10.1 Å². The number of carbonyl (C=O) groups excluding carboxylic acids is 2. The van der Waals surface area contributed by atoms with E-state index in [2.05, 4.69) is 5.10 Å². The number of Topliss-reactive ketones (excluding diaryl/α,β-unsaturated/α-hetero) is 1. The molecule has 1 aliphatic heterocycles. The van der Waals surface area contributed by atoms with Gasteiger partial charge >= 0.3 is 0 Å². The van der Waals surface area contributed by atoms with Gasteiger partial charge in [0, 0.05) is 36.8 Å². The van der Waals surface area contributed by atoms with Crippen LogP contribution in [0.15, 0.2) is 48.7 Å². The van der Waals surface area contributed by atoms with E-state index in [0.717, 1.165) is 11.4 Å². The van der Waals surface area contributed by atoms with Gasteiger partial charge in [0.1, 0.15) is 5.82 Å². The zero-order valence-corrected chi connectivity index (χ0v) is 18.1. The van der Waals surface area contributed by atoms with Gasteiger partial charge in [-0.3, -0.25) is 9.59 Å². The summed E-state index contributed by atoms with van der Waals surface area (Å²) in [5.41, 5.74) is 2.86. The molecule has 1 saturated heterocycles. The molecular weight excluding hydrogens is 419 g/mol. The first kappa shape index (κ1) is 21.1. The SMILES string of the molecule is CC(=O)c1ccc(N2CCN(C(=O)c3cnn(-c4cccc(Cl)c4)c3C)CC2)c(F)c1. The Kier molecular flexibility index (Phi) is 5.78. The largest absolute Gasteiger partial charge is 0.366 e. The number of carbonyl (C=O) groups is 2. The van der Waals surface area contributed by atoms with E-state index < -0.39 is 5.82 Å². The van der Waals surface area contributed by atoms with Crippen molar-refractivity contribution >= 4 is 29.0 Å². The molecule has 0 saturated carbocycles. The third kappa shape index (κ3) is 4.18. The monoisotopic (exact) mass is 440 g/mol. The number of ketones is 1. The number of hydrogen-bond donors (Lipinski definition) is 0. The highest BCUT2D eigenvalue weighted by atomic mass is 35.5. The average molecular weight is 441 g/mol. The maximum Gasteiger partial charge on any atom is 0.257 e. The molecule has 6 nitrogen and oxygen atoms in total. The van der Waals surface area contributed by atoms with Crippen molar-refractivity contribution in [3.8, 4) is 5.69 Å². The summed E-state index contributed by atoms with van der Waals surface area (Å²) in [4.78, 5) is 28.2. The molecule has 0 radical (unpaired) electrons. The molecule has 0 atom stereocenters. The molecule has 3 aromatic rings. The zero-order chi connectivity index (χ0) is 22.1. The van der Waals surface area contributed by atoms with Crippen LogP contribution in [-0.2, 0) is 0 Å². The number of amides is 1. The lowest BCUT2D eigenvalue weighted by molar-refractivity contribution is 0.0745. The molecular formula is C23H22ClFN4O2. The quantitative estimate of drug-likeness (QED) is 0.572. The van der Waals surface area contributed by atoms with Crippen molar-refractivity contribution in [2.75, 3.05) is 31.1 Å². The Hall–Kier alpha value is -3.19. The van der Waals surface area contributed by atoms with E-state index in [0.29, 0.717) is 48.0 Å². The molecule has 0 aliphatic carbocycles. The van der Waals surface area contributed by atoms with Crippen molar-refractivity contribution in [2.45, 2.75) is 13.8 Å². The number of piperazine rings is 1. The minimum Gasteiger partial charge on any atom is -0.366 e. The normalized spacial score (nSPS) is 14.1. The second kappa shape index (κ2) is 8.51. The lowest BCUT2D eigenvalue weighted by Crippen LogP contribution is -2.49. The molecule has 0 unspecified atom stereocenters. The predicted octanol–water partition coefficient (Wildman–Crippen LogP) is 4.14. The lowest BCUT2D eigenvalue weighted by Gasteiger charge is -2.36. The molecule has 1 aliphatic rings. The smallest absolute Gasteiger partial charge is 0.257 e. The summed E-state index contributed by atoms with van der Waals surface area (Å²) >= 11 is 6.07. The van der Waals surface area contributed by atoms with E-state index in [1.54, 1.807) is 40.0 Å². The molecule has 4 rings (SSSR count). The highest BCUT2D eigenvalue weighted by Gasteiger charge is 2.26. The highest BCUT2D eigenvalue weighted by Crippen LogP contribution is 2.24. The van der Waals surface area contributed by atoms with E-state index in [-0.39, 0.29) is 11.7 Å². The third-order valence-corrected chi connectivity index (χ3v) is 5.79. The Morgan fingerprint density at radius 3 is 2.45 bits per heavy atom. The van der Waals surface area contributed by atoms with Gasteiger partial charge in [-0.15, -0.1) is 0 Å². The van der Waals surface area contributed by atoms with Gasteiger partial charge < -0.3 is 9.80 Å². The van der Waals surface area contributed by atoms with Gasteiger partial charge in [-0.2, -0.15) is 5.10 Å². The van der Waals surface area contributed by atoms with Crippen molar-refractivity contribution in [1.82, 2.24) is 14.7 Å². The van der Waals surface area contributed by atoms with E-state index in [1.807, 2.05) is 24.0 Å². The first-order chi connectivity index (χ1) is 14.8. The van der Waals surface area contributed by atoms with E-state index in [4.69, 9.17) is 11.6 Å². The predicted molar refractivity (Wildman–Crippen MR) is 118 cm³/mol. The summed E-state index contributed by atoms with van der Waals surface area (Å²) in [5, 5.41) is 4.96. The van der Waals surface area contributed by atoms with Crippen molar-refractivity contribution in [1.29, 1.82) is 0 Å². The van der Waals surface area contributed by atoms with E-state index in [9.17, 15) is 14.0 Å². The van der Waals surface area contributed by atoms with Crippen molar-refractivity contribution in [2.24, 2.45) is 0 Å². The Balaban J connectivity index is 1.46. The highest BCUT2D eigenvalue weighted by molar-refractivity contribution is 6.30. The fraction of sp³-hybridized carbons (Fsp3) is 0.261. The number of aromatic nitrogens is 2. The van der Waals surface area contributed by atoms with Gasteiger partial charge in [0.05, 0.1) is 28.8 Å². The van der Waals surface area contributed by atoms with Crippen molar-refractivity contribution in [3.05, 3.63) is 76.3 Å². The Morgan fingerprint density at radius 1 is 1.06 bits per heavy atom. The van der Waals surface area contributed by atoms with Gasteiger partial charge in [-0.25, -0.2) is 9.07 Å². The average Bonchev–Trinajstić information content (AvgIpc) is 3.14. The van der Waals surface area contributed by atoms with Crippen LogP contribution in [-0.4, -0.2) is 52.5 Å². The number of anilines is 1. The Morgan fingerprint density at radius 2 is 1.81 bits per heavy atom. The molecule has 2 aromatic carbocycles. The van der Waals surface area contributed by atoms with E-state index in [1.165, 1.54) is 13.0 Å². The molecule has 0 N–H and O–H groups in total. The van der Waals surface area contributed by atoms with Crippen LogP contribution in [0.25, 0.3) is 5.69 Å². The van der Waals surface area contributed by atoms with Crippen molar-refractivity contribution in [3.63, 3.8) is 0 Å². The number of hydrogen-bond acceptors (Lipinski definition) is 4. The molecule has 1 amide bonds. The number of rotatable bonds is 4. The lowest BCUT2D eigenvalue weighted by atomic mass is 10.1. The van der Waals surface area contributed by atoms with E-state index >= 15 is 0 Å². The second-order valence-corrected chi connectivity index (χ2v) is 7.97. The van der Waals surface area contributed by atoms with Gasteiger partial charge in [0.25, 0.3) is 5.91 Å². The Bertz CT molecular complexity index is 1150. The Labute approximate surface area is 184 Å². The summed E-state index contributed by atoms with van der Waals surface area (Å²) in [7, 11) is 0. The standard InChI is InChI=1S/C23H22ClFN4O2/c1-15-20(14-26-29(15)19-5-3-4-18(24)13-19)23(31)28-10-8-27(9-11-28)22-7-6-17(16(2)30)12-21(22)25/h3-7,12-14H,8-11H2,1-2H3. The molecule has 0 bridgehead atoms. The van der Waals surface area contributed by atoms with Gasteiger partial charge in [0.15, 0.2) is 5.78 Å². The van der Waals surface area contributed by atoms with Crippen LogP contribution in [0.3, 0.4) is 0 Å².